The Morgan fingerprint density at radius 3 is 2.31 bits per heavy atom. The van der Waals surface area contributed by atoms with E-state index in [-0.39, 0.29) is 18.0 Å². The average Bonchev–Trinajstić information content (AvgIpc) is 2.66. The van der Waals surface area contributed by atoms with Crippen LogP contribution in [0.3, 0.4) is 0 Å². The first-order valence-corrected chi connectivity index (χ1v) is 8.33. The fourth-order valence-electron chi connectivity index (χ4n) is 2.86. The Hall–Kier alpha value is -2.69. The van der Waals surface area contributed by atoms with Gasteiger partial charge in [0.2, 0.25) is 0 Å². The van der Waals surface area contributed by atoms with E-state index in [0.717, 1.165) is 16.6 Å². The van der Waals surface area contributed by atoms with Crippen LogP contribution in [-0.4, -0.2) is 9.78 Å². The van der Waals surface area contributed by atoms with E-state index in [1.54, 1.807) is 6.20 Å². The minimum absolute atomic E-state index is 0. The number of H-pyrrole nitrogens is 1. The monoisotopic (exact) mass is 383 g/mol. The molecule has 2 heterocycles. The molecule has 130 valence electrons. The Balaban J connectivity index is 0.00000196. The van der Waals surface area contributed by atoms with Crippen molar-refractivity contribution < 1.29 is 17.4 Å². The molecule has 2 aromatic carbocycles. The van der Waals surface area contributed by atoms with E-state index in [2.05, 4.69) is 10.1 Å². The van der Waals surface area contributed by atoms with E-state index < -0.39 is 0 Å². The summed E-state index contributed by atoms with van der Waals surface area (Å²) in [6, 6.07) is 20.8. The van der Waals surface area contributed by atoms with Crippen LogP contribution in [0.1, 0.15) is 11.3 Å². The smallest absolute Gasteiger partial charge is 0.367 e. The van der Waals surface area contributed by atoms with Crippen molar-refractivity contribution in [2.75, 3.05) is 0 Å². The molecule has 4 aromatic rings. The maximum absolute atomic E-state index is 12.8. The van der Waals surface area contributed by atoms with Gasteiger partial charge in [0, 0.05) is 22.9 Å². The van der Waals surface area contributed by atoms with Gasteiger partial charge in [0.05, 0.1) is 17.3 Å². The van der Waals surface area contributed by atoms with Gasteiger partial charge < -0.3 is 12.4 Å². The first kappa shape index (κ1) is 18.1. The van der Waals surface area contributed by atoms with Crippen LogP contribution in [0.25, 0.3) is 16.6 Å². The molecular weight excluding hydrogens is 369 g/mol. The molecule has 0 bridgehead atoms. The molecule has 0 aliphatic rings. The second kappa shape index (κ2) is 7.68. The largest absolute Gasteiger partial charge is 1.00 e. The first-order chi connectivity index (χ1) is 12.2. The molecule has 0 saturated heterocycles. The third kappa shape index (κ3) is 3.47. The van der Waals surface area contributed by atoms with Crippen molar-refractivity contribution in [2.45, 2.75) is 6.42 Å². The first-order valence-electron chi connectivity index (χ1n) is 7.95. The molecule has 0 spiro atoms. The van der Waals surface area contributed by atoms with Crippen LogP contribution in [0.2, 0.25) is 5.02 Å². The number of rotatable bonds is 3. The maximum atomic E-state index is 12.8. The molecule has 2 aromatic heterocycles. The number of hydrogen-bond donors (Lipinski definition) is 0. The molecule has 4 nitrogen and oxygen atoms in total. The standard InChI is InChI=1S/C20H14ClN3O.ClH/c21-15-10-8-14(9-11-15)13-18-16-5-1-2-6-17(16)20(25)24(23-18)19-7-3-4-12-22-19;/h1-12H,13H2;1H. The van der Waals surface area contributed by atoms with Crippen LogP contribution in [0, 0.1) is 0 Å². The van der Waals surface area contributed by atoms with Crippen molar-refractivity contribution in [3.05, 3.63) is 99.6 Å². The minimum atomic E-state index is -0.141. The van der Waals surface area contributed by atoms with Gasteiger partial charge in [0.25, 0.3) is 0 Å². The zero-order chi connectivity index (χ0) is 17.2. The lowest BCUT2D eigenvalue weighted by atomic mass is 10.0. The second-order valence-corrected chi connectivity index (χ2v) is 6.20. The van der Waals surface area contributed by atoms with Crippen LogP contribution in [0.15, 0.2) is 77.7 Å². The summed E-state index contributed by atoms with van der Waals surface area (Å²) in [5.41, 5.74) is 1.79. The lowest BCUT2D eigenvalue weighted by molar-refractivity contribution is -0.374. The van der Waals surface area contributed by atoms with E-state index in [1.165, 1.54) is 4.68 Å². The van der Waals surface area contributed by atoms with E-state index in [9.17, 15) is 4.79 Å². The summed E-state index contributed by atoms with van der Waals surface area (Å²) in [6.07, 6.45) is 2.39. The molecule has 0 fully saturated rings. The van der Waals surface area contributed by atoms with Gasteiger partial charge in [-0.05, 0) is 29.8 Å². The van der Waals surface area contributed by atoms with Crippen molar-refractivity contribution in [2.24, 2.45) is 0 Å². The molecule has 0 amide bonds. The highest BCUT2D eigenvalue weighted by atomic mass is 35.5. The zero-order valence-corrected chi connectivity index (χ0v) is 15.2. The Bertz CT molecular complexity index is 1090. The summed E-state index contributed by atoms with van der Waals surface area (Å²) < 4.78 is 1.42. The minimum Gasteiger partial charge on any atom is -1.00 e. The third-order valence-electron chi connectivity index (χ3n) is 4.09. The normalized spacial score (nSPS) is 10.5. The molecule has 1 N–H and O–H groups in total. The van der Waals surface area contributed by atoms with Crippen LogP contribution in [-0.2, 0) is 6.42 Å². The van der Waals surface area contributed by atoms with Crippen LogP contribution in [0.4, 0.5) is 0 Å². The fourth-order valence-corrected chi connectivity index (χ4v) is 2.99. The van der Waals surface area contributed by atoms with Gasteiger partial charge in [-0.3, -0.25) is 0 Å². The van der Waals surface area contributed by atoms with Gasteiger partial charge in [-0.15, -0.1) is 0 Å². The van der Waals surface area contributed by atoms with Crippen molar-refractivity contribution in [1.29, 1.82) is 0 Å². The van der Waals surface area contributed by atoms with Crippen LogP contribution < -0.4 is 23.0 Å². The number of pyridine rings is 1. The molecular formula is C20H15Cl2N3O. The number of halogens is 2. The van der Waals surface area contributed by atoms with Gasteiger partial charge in [-0.1, -0.05) is 57.8 Å². The molecule has 0 aliphatic heterocycles. The Labute approximate surface area is 161 Å². The third-order valence-corrected chi connectivity index (χ3v) is 4.34. The number of benzene rings is 2. The highest BCUT2D eigenvalue weighted by molar-refractivity contribution is 6.30. The SMILES string of the molecule is O=c1c2ccccc2c(Cc2ccc(Cl)cc2)nn1-c1cccc[nH+]1.[Cl-]. The number of nitrogens with zero attached hydrogens (tertiary/aromatic N) is 2. The summed E-state index contributed by atoms with van der Waals surface area (Å²) in [6.45, 7) is 0. The van der Waals surface area contributed by atoms with Crippen LogP contribution in [0.5, 0.6) is 0 Å². The number of aromatic amines is 1. The van der Waals surface area contributed by atoms with Gasteiger partial charge in [0.15, 0.2) is 0 Å². The Kier molecular flexibility index (Phi) is 5.35. The average molecular weight is 384 g/mol. The lowest BCUT2D eigenvalue weighted by Crippen LogP contribution is -3.00. The van der Waals surface area contributed by atoms with Crippen molar-refractivity contribution in [1.82, 2.24) is 9.78 Å². The van der Waals surface area contributed by atoms with E-state index in [4.69, 9.17) is 11.6 Å². The Morgan fingerprint density at radius 1 is 0.923 bits per heavy atom. The van der Waals surface area contributed by atoms with Crippen LogP contribution >= 0.6 is 11.6 Å². The summed E-state index contributed by atoms with van der Waals surface area (Å²) in [5, 5.41) is 6.85. The number of nitrogens with one attached hydrogen (secondary N) is 1. The molecule has 0 unspecified atom stereocenters. The molecule has 0 saturated carbocycles. The van der Waals surface area contributed by atoms with Crippen molar-refractivity contribution in [3.8, 4) is 5.82 Å². The quantitative estimate of drug-likeness (QED) is 0.515. The summed E-state index contributed by atoms with van der Waals surface area (Å²) in [7, 11) is 0. The van der Waals surface area contributed by atoms with E-state index >= 15 is 0 Å². The molecule has 26 heavy (non-hydrogen) atoms. The number of aromatic nitrogens is 3. The summed E-state index contributed by atoms with van der Waals surface area (Å²) >= 11 is 5.97. The lowest BCUT2D eigenvalue weighted by Gasteiger charge is -2.06. The van der Waals surface area contributed by atoms with Gasteiger partial charge in [-0.25, -0.2) is 9.78 Å². The number of fused-ring (bicyclic) bond motifs is 1. The van der Waals surface area contributed by atoms with Crippen molar-refractivity contribution in [3.63, 3.8) is 0 Å². The maximum Gasteiger partial charge on any atom is 0.367 e. The van der Waals surface area contributed by atoms with E-state index in [0.29, 0.717) is 22.6 Å². The van der Waals surface area contributed by atoms with Gasteiger partial charge in [-0.2, -0.15) is 0 Å². The predicted octanol–water partition coefficient (Wildman–Crippen LogP) is 0.448. The molecule has 4 rings (SSSR count). The van der Waals surface area contributed by atoms with Gasteiger partial charge in [0.1, 0.15) is 0 Å². The van der Waals surface area contributed by atoms with E-state index in [1.807, 2.05) is 66.7 Å². The van der Waals surface area contributed by atoms with Gasteiger partial charge >= 0.3 is 11.4 Å². The highest BCUT2D eigenvalue weighted by Crippen LogP contribution is 2.19. The topological polar surface area (TPSA) is 49.0 Å². The molecule has 0 aliphatic carbocycles. The summed E-state index contributed by atoms with van der Waals surface area (Å²) in [4.78, 5) is 15.9. The molecule has 6 heteroatoms. The zero-order valence-electron chi connectivity index (χ0n) is 13.7. The predicted molar refractivity (Wildman–Crippen MR) is 98.2 cm³/mol. The molecule has 0 radical (unpaired) electrons. The highest BCUT2D eigenvalue weighted by Gasteiger charge is 2.17. The second-order valence-electron chi connectivity index (χ2n) is 5.76. The molecule has 0 atom stereocenters. The Morgan fingerprint density at radius 2 is 1.62 bits per heavy atom. The summed E-state index contributed by atoms with van der Waals surface area (Å²) in [5.74, 6) is 0.635. The van der Waals surface area contributed by atoms with Crippen molar-refractivity contribution >= 4 is 22.4 Å². The fraction of sp³-hybridized carbons (Fsp3) is 0.0500. The number of hydrogen-bond acceptors (Lipinski definition) is 2.